The molecule has 0 aliphatic carbocycles. The second-order valence-electron chi connectivity index (χ2n) is 4.72. The number of benzene rings is 1. The van der Waals surface area contributed by atoms with Crippen molar-refractivity contribution in [2.24, 2.45) is 5.92 Å². The van der Waals surface area contributed by atoms with E-state index in [9.17, 15) is 18.4 Å². The summed E-state index contributed by atoms with van der Waals surface area (Å²) in [4.78, 5) is 25.2. The lowest BCUT2D eigenvalue weighted by atomic mass is 9.90. The van der Waals surface area contributed by atoms with Crippen LogP contribution in [0, 0.1) is 17.6 Å². The molecule has 0 fully saturated rings. The van der Waals surface area contributed by atoms with Crippen molar-refractivity contribution in [3.63, 3.8) is 0 Å². The van der Waals surface area contributed by atoms with Gasteiger partial charge in [0, 0.05) is 5.56 Å². The third-order valence-corrected chi connectivity index (χ3v) is 4.88. The number of ketones is 1. The van der Waals surface area contributed by atoms with Crippen molar-refractivity contribution in [2.75, 3.05) is 11.5 Å². The van der Waals surface area contributed by atoms with Crippen molar-refractivity contribution >= 4 is 29.5 Å². The summed E-state index contributed by atoms with van der Waals surface area (Å²) >= 11 is 1.32. The number of ether oxygens (including phenoxy) is 1. The lowest BCUT2D eigenvalue weighted by Crippen LogP contribution is -2.47. The highest BCUT2D eigenvalue weighted by Gasteiger charge is 2.48. The van der Waals surface area contributed by atoms with Crippen LogP contribution in [-0.4, -0.2) is 24.1 Å². The van der Waals surface area contributed by atoms with E-state index < -0.39 is 28.7 Å². The Balaban J connectivity index is 2.06. The smallest absolute Gasteiger partial charge is 0.202 e. The molecule has 0 amide bonds. The Hall–Kier alpha value is -1.89. The molecule has 0 radical (unpaired) electrons. The maximum atomic E-state index is 13.8. The van der Waals surface area contributed by atoms with Gasteiger partial charge in [0.1, 0.15) is 24.2 Å². The molecule has 3 heterocycles. The maximum Gasteiger partial charge on any atom is 0.202 e. The molecule has 0 bridgehead atoms. The zero-order valence-corrected chi connectivity index (χ0v) is 10.7. The zero-order valence-electron chi connectivity index (χ0n) is 9.93. The Morgan fingerprint density at radius 3 is 3.00 bits per heavy atom. The lowest BCUT2D eigenvalue weighted by molar-refractivity contribution is -0.109. The van der Waals surface area contributed by atoms with Crippen molar-refractivity contribution in [3.8, 4) is 5.75 Å². The van der Waals surface area contributed by atoms with Gasteiger partial charge in [-0.25, -0.2) is 4.39 Å². The van der Waals surface area contributed by atoms with Gasteiger partial charge in [0.2, 0.25) is 5.82 Å². The summed E-state index contributed by atoms with van der Waals surface area (Å²) in [6, 6.07) is 0.846. The number of carbonyl (C=O) groups is 2. The summed E-state index contributed by atoms with van der Waals surface area (Å²) < 4.78 is 32.7. The molecule has 4 rings (SSSR count). The van der Waals surface area contributed by atoms with Gasteiger partial charge in [0.25, 0.3) is 0 Å². The number of thioether (sulfide) groups is 1. The standard InChI is InChI=1S/C13H7F2NO3S/c14-8-1-6-10-12(9(8)15)19-3-5-4-20-13(16(5)10)7(2-17)11(6)18/h1-2,4,7,13H,3H2. The number of hydrogen-bond acceptors (Lipinski definition) is 5. The maximum absolute atomic E-state index is 13.8. The number of nitrogens with zero attached hydrogens (tertiary/aromatic N) is 1. The van der Waals surface area contributed by atoms with Gasteiger partial charge in [0.15, 0.2) is 17.3 Å². The van der Waals surface area contributed by atoms with Gasteiger partial charge in [-0.15, -0.1) is 11.8 Å². The van der Waals surface area contributed by atoms with Crippen molar-refractivity contribution in [2.45, 2.75) is 5.37 Å². The summed E-state index contributed by atoms with van der Waals surface area (Å²) in [7, 11) is 0. The average molecular weight is 295 g/mol. The number of hydrogen-bond donors (Lipinski definition) is 0. The molecule has 3 aliphatic heterocycles. The van der Waals surface area contributed by atoms with E-state index in [1.54, 1.807) is 10.3 Å². The number of aldehydes is 1. The topological polar surface area (TPSA) is 46.6 Å². The molecule has 102 valence electrons. The number of halogens is 2. The molecular formula is C13H7F2NO3S. The third-order valence-electron chi connectivity index (χ3n) is 3.69. The highest BCUT2D eigenvalue weighted by Crippen LogP contribution is 2.52. The minimum absolute atomic E-state index is 0.000324. The van der Waals surface area contributed by atoms with Crippen LogP contribution in [-0.2, 0) is 4.79 Å². The van der Waals surface area contributed by atoms with Crippen molar-refractivity contribution in [3.05, 3.63) is 34.4 Å². The fraction of sp³-hybridized carbons (Fsp3) is 0.231. The minimum Gasteiger partial charge on any atom is -0.482 e. The van der Waals surface area contributed by atoms with E-state index >= 15 is 0 Å². The predicted molar refractivity (Wildman–Crippen MR) is 67.7 cm³/mol. The molecule has 0 spiro atoms. The van der Waals surface area contributed by atoms with Crippen LogP contribution in [0.25, 0.3) is 0 Å². The molecule has 0 saturated heterocycles. The normalized spacial score (nSPS) is 26.0. The molecule has 4 nitrogen and oxygen atoms in total. The van der Waals surface area contributed by atoms with Crippen LogP contribution in [0.3, 0.4) is 0 Å². The summed E-state index contributed by atoms with van der Waals surface area (Å²) in [6.45, 7) is 0.0933. The second kappa shape index (κ2) is 3.82. The molecule has 3 aliphatic rings. The van der Waals surface area contributed by atoms with Crippen LogP contribution in [0.5, 0.6) is 5.75 Å². The van der Waals surface area contributed by atoms with Gasteiger partial charge < -0.3 is 14.4 Å². The first kappa shape index (κ1) is 11.9. The van der Waals surface area contributed by atoms with E-state index in [0.29, 0.717) is 6.29 Å². The first-order valence-electron chi connectivity index (χ1n) is 5.91. The largest absolute Gasteiger partial charge is 0.482 e. The minimum atomic E-state index is -1.14. The van der Waals surface area contributed by atoms with Crippen LogP contribution in [0.2, 0.25) is 0 Å². The molecule has 20 heavy (non-hydrogen) atoms. The van der Waals surface area contributed by atoms with E-state index in [2.05, 4.69) is 0 Å². The van der Waals surface area contributed by atoms with Gasteiger partial charge in [-0.1, -0.05) is 0 Å². The molecule has 1 aromatic carbocycles. The first-order valence-corrected chi connectivity index (χ1v) is 6.86. The molecule has 7 heteroatoms. The Morgan fingerprint density at radius 2 is 2.25 bits per heavy atom. The van der Waals surface area contributed by atoms with Gasteiger partial charge in [-0.05, 0) is 11.5 Å². The molecule has 2 atom stereocenters. The summed E-state index contributed by atoms with van der Waals surface area (Å²) in [5.74, 6) is -3.88. The van der Waals surface area contributed by atoms with Crippen LogP contribution in [0.15, 0.2) is 17.2 Å². The highest BCUT2D eigenvalue weighted by atomic mass is 32.2. The van der Waals surface area contributed by atoms with E-state index in [1.165, 1.54) is 11.8 Å². The van der Waals surface area contributed by atoms with Crippen LogP contribution >= 0.6 is 11.8 Å². The number of Topliss-reactive ketones (excluding diaryl/α,β-unsaturated/α-hetero) is 1. The number of anilines is 1. The molecule has 0 N–H and O–H groups in total. The van der Waals surface area contributed by atoms with Gasteiger partial charge in [-0.3, -0.25) is 4.79 Å². The summed E-state index contributed by atoms with van der Waals surface area (Å²) in [5, 5.41) is 1.35. The quantitative estimate of drug-likeness (QED) is 0.586. The fourth-order valence-corrected chi connectivity index (χ4v) is 3.98. The first-order chi connectivity index (χ1) is 9.63. The van der Waals surface area contributed by atoms with Crippen LogP contribution in [0.1, 0.15) is 10.4 Å². The third kappa shape index (κ3) is 1.26. The summed E-state index contributed by atoms with van der Waals surface area (Å²) in [5.41, 5.74) is 0.985. The summed E-state index contributed by atoms with van der Waals surface area (Å²) in [6.07, 6.45) is 0.566. The monoisotopic (exact) mass is 295 g/mol. The Labute approximate surface area is 116 Å². The van der Waals surface area contributed by atoms with E-state index in [4.69, 9.17) is 4.74 Å². The zero-order chi connectivity index (χ0) is 14.0. The van der Waals surface area contributed by atoms with Crippen LogP contribution in [0.4, 0.5) is 14.5 Å². The van der Waals surface area contributed by atoms with Gasteiger partial charge in [0.05, 0.1) is 11.4 Å². The average Bonchev–Trinajstić information content (AvgIpc) is 2.87. The van der Waals surface area contributed by atoms with E-state index in [1.807, 2.05) is 0 Å². The second-order valence-corrected chi connectivity index (χ2v) is 5.71. The molecular weight excluding hydrogens is 288 g/mol. The van der Waals surface area contributed by atoms with Crippen molar-refractivity contribution in [1.82, 2.24) is 0 Å². The Morgan fingerprint density at radius 1 is 1.45 bits per heavy atom. The Kier molecular flexibility index (Phi) is 2.27. The molecule has 2 unspecified atom stereocenters. The van der Waals surface area contributed by atoms with Crippen LogP contribution < -0.4 is 9.64 Å². The number of carbonyl (C=O) groups excluding carboxylic acids is 2. The van der Waals surface area contributed by atoms with Crippen molar-refractivity contribution in [1.29, 1.82) is 0 Å². The van der Waals surface area contributed by atoms with E-state index in [0.717, 1.165) is 11.8 Å². The van der Waals surface area contributed by atoms with Gasteiger partial charge >= 0.3 is 0 Å². The molecule has 0 saturated carbocycles. The lowest BCUT2D eigenvalue weighted by Gasteiger charge is -2.40. The van der Waals surface area contributed by atoms with Gasteiger partial charge in [-0.2, -0.15) is 4.39 Å². The number of rotatable bonds is 1. The predicted octanol–water partition coefficient (Wildman–Crippen LogP) is 2.09. The Bertz CT molecular complexity index is 703. The molecule has 0 aromatic heterocycles. The van der Waals surface area contributed by atoms with Crippen molar-refractivity contribution < 1.29 is 23.1 Å². The van der Waals surface area contributed by atoms with E-state index in [-0.39, 0.29) is 23.6 Å². The highest BCUT2D eigenvalue weighted by molar-refractivity contribution is 8.03. The SMILES string of the molecule is O=CC1C(=O)c2cc(F)c(F)c3c2N2C(=CSC12)CO3. The fourth-order valence-electron chi connectivity index (χ4n) is 2.79. The molecule has 1 aromatic rings.